The Morgan fingerprint density at radius 2 is 2.19 bits per heavy atom. The molecule has 16 heavy (non-hydrogen) atoms. The van der Waals surface area contributed by atoms with Crippen LogP contribution in [0.3, 0.4) is 0 Å². The third-order valence-corrected chi connectivity index (χ3v) is 1.98. The van der Waals surface area contributed by atoms with Crippen molar-refractivity contribution in [1.29, 1.82) is 0 Å². The fourth-order valence-electron chi connectivity index (χ4n) is 1.25. The molecule has 5 heteroatoms. The Kier molecular flexibility index (Phi) is 4.57. The maximum Gasteiger partial charge on any atom is 0.216 e. The summed E-state index contributed by atoms with van der Waals surface area (Å²) < 4.78 is 17.9. The second-order valence-corrected chi connectivity index (χ2v) is 3.25. The fraction of sp³-hybridized carbons (Fsp3) is 0.364. The van der Waals surface area contributed by atoms with E-state index in [1.54, 1.807) is 6.07 Å². The Morgan fingerprint density at radius 3 is 2.81 bits per heavy atom. The molecule has 1 aromatic rings. The average molecular weight is 226 g/mol. The largest absolute Gasteiger partial charge is 0.494 e. The number of nitrogens with one attached hydrogen (secondary N) is 2. The van der Waals surface area contributed by atoms with E-state index in [0.717, 1.165) is 0 Å². The minimum atomic E-state index is -0.343. The number of carbonyl (C=O) groups is 1. The SMILES string of the molecule is COc1cc(F)ccc1NCCNC(C)=O. The number of benzene rings is 1. The number of carbonyl (C=O) groups excluding carboxylic acids is 1. The number of rotatable bonds is 5. The van der Waals surface area contributed by atoms with Crippen LogP contribution in [0.2, 0.25) is 0 Å². The van der Waals surface area contributed by atoms with E-state index in [9.17, 15) is 9.18 Å². The molecule has 0 aliphatic carbocycles. The molecule has 1 rings (SSSR count). The van der Waals surface area contributed by atoms with Crippen molar-refractivity contribution in [3.05, 3.63) is 24.0 Å². The van der Waals surface area contributed by atoms with Crippen molar-refractivity contribution in [3.8, 4) is 5.75 Å². The van der Waals surface area contributed by atoms with Crippen LogP contribution in [0.25, 0.3) is 0 Å². The van der Waals surface area contributed by atoms with Crippen LogP contribution in [0.4, 0.5) is 10.1 Å². The molecule has 0 aliphatic rings. The lowest BCUT2D eigenvalue weighted by Crippen LogP contribution is -2.26. The highest BCUT2D eigenvalue weighted by atomic mass is 19.1. The van der Waals surface area contributed by atoms with Crippen molar-refractivity contribution in [2.45, 2.75) is 6.92 Å². The number of ether oxygens (including phenoxy) is 1. The number of hydrogen-bond acceptors (Lipinski definition) is 3. The van der Waals surface area contributed by atoms with Gasteiger partial charge in [-0.3, -0.25) is 4.79 Å². The first-order chi connectivity index (χ1) is 7.63. The van der Waals surface area contributed by atoms with Gasteiger partial charge in [-0.1, -0.05) is 0 Å². The molecule has 0 heterocycles. The quantitative estimate of drug-likeness (QED) is 0.746. The lowest BCUT2D eigenvalue weighted by Gasteiger charge is -2.11. The molecule has 0 radical (unpaired) electrons. The zero-order valence-corrected chi connectivity index (χ0v) is 9.34. The van der Waals surface area contributed by atoms with Crippen LogP contribution < -0.4 is 15.4 Å². The fourth-order valence-corrected chi connectivity index (χ4v) is 1.25. The van der Waals surface area contributed by atoms with Gasteiger partial charge < -0.3 is 15.4 Å². The topological polar surface area (TPSA) is 50.4 Å². The van der Waals surface area contributed by atoms with Gasteiger partial charge >= 0.3 is 0 Å². The van der Waals surface area contributed by atoms with Crippen LogP contribution in [0.15, 0.2) is 18.2 Å². The second kappa shape index (κ2) is 5.95. The Labute approximate surface area is 93.8 Å². The van der Waals surface area contributed by atoms with Crippen LogP contribution in [-0.4, -0.2) is 26.1 Å². The Bertz CT molecular complexity index is 369. The van der Waals surface area contributed by atoms with Gasteiger partial charge in [0.2, 0.25) is 5.91 Å². The minimum absolute atomic E-state index is 0.0760. The third-order valence-electron chi connectivity index (χ3n) is 1.98. The molecule has 0 spiro atoms. The normalized spacial score (nSPS) is 9.69. The van der Waals surface area contributed by atoms with Crippen molar-refractivity contribution in [1.82, 2.24) is 5.32 Å². The maximum atomic E-state index is 12.9. The van der Waals surface area contributed by atoms with Crippen LogP contribution in [0.5, 0.6) is 5.75 Å². The molecular formula is C11H15FN2O2. The maximum absolute atomic E-state index is 12.9. The van der Waals surface area contributed by atoms with E-state index in [1.807, 2.05) is 0 Å². The first kappa shape index (κ1) is 12.3. The molecule has 0 saturated heterocycles. The first-order valence-electron chi connectivity index (χ1n) is 4.95. The number of amides is 1. The van der Waals surface area contributed by atoms with Crippen molar-refractivity contribution in [3.63, 3.8) is 0 Å². The van der Waals surface area contributed by atoms with E-state index in [1.165, 1.54) is 26.2 Å². The van der Waals surface area contributed by atoms with E-state index < -0.39 is 0 Å². The number of hydrogen-bond donors (Lipinski definition) is 2. The van der Waals surface area contributed by atoms with Crippen LogP contribution in [0, 0.1) is 5.82 Å². The second-order valence-electron chi connectivity index (χ2n) is 3.25. The third kappa shape index (κ3) is 3.76. The van der Waals surface area contributed by atoms with E-state index in [2.05, 4.69) is 10.6 Å². The lowest BCUT2D eigenvalue weighted by atomic mass is 10.3. The van der Waals surface area contributed by atoms with Crippen LogP contribution >= 0.6 is 0 Å². The summed E-state index contributed by atoms with van der Waals surface area (Å²) in [7, 11) is 1.48. The summed E-state index contributed by atoms with van der Waals surface area (Å²) in [4.78, 5) is 10.6. The van der Waals surface area contributed by atoms with Gasteiger partial charge in [0.1, 0.15) is 11.6 Å². The van der Waals surface area contributed by atoms with E-state index in [-0.39, 0.29) is 11.7 Å². The molecule has 1 amide bonds. The van der Waals surface area contributed by atoms with E-state index in [4.69, 9.17) is 4.74 Å². The molecule has 4 nitrogen and oxygen atoms in total. The molecule has 0 aliphatic heterocycles. The van der Waals surface area contributed by atoms with Crippen molar-refractivity contribution >= 4 is 11.6 Å². The molecule has 1 aromatic carbocycles. The number of anilines is 1. The zero-order valence-electron chi connectivity index (χ0n) is 9.34. The number of methoxy groups -OCH3 is 1. The predicted octanol–water partition coefficient (Wildman–Crippen LogP) is 1.38. The Morgan fingerprint density at radius 1 is 1.44 bits per heavy atom. The summed E-state index contributed by atoms with van der Waals surface area (Å²) in [6, 6.07) is 4.26. The highest BCUT2D eigenvalue weighted by Crippen LogP contribution is 2.24. The standard InChI is InChI=1S/C11H15FN2O2/c1-8(15)13-5-6-14-10-4-3-9(12)7-11(10)16-2/h3-4,7,14H,5-6H2,1-2H3,(H,13,15). The smallest absolute Gasteiger partial charge is 0.216 e. The Hall–Kier alpha value is -1.78. The van der Waals surface area contributed by atoms with Gasteiger partial charge in [-0.15, -0.1) is 0 Å². The van der Waals surface area contributed by atoms with Crippen molar-refractivity contribution < 1.29 is 13.9 Å². The molecular weight excluding hydrogens is 211 g/mol. The average Bonchev–Trinajstić information content (AvgIpc) is 2.25. The molecule has 0 unspecified atom stereocenters. The van der Waals surface area contributed by atoms with Gasteiger partial charge in [0.25, 0.3) is 0 Å². The molecule has 2 N–H and O–H groups in total. The first-order valence-corrected chi connectivity index (χ1v) is 4.95. The monoisotopic (exact) mass is 226 g/mol. The molecule has 0 bridgehead atoms. The molecule has 0 aromatic heterocycles. The minimum Gasteiger partial charge on any atom is -0.494 e. The molecule has 88 valence electrons. The van der Waals surface area contributed by atoms with Gasteiger partial charge in [-0.25, -0.2) is 4.39 Å². The highest BCUT2D eigenvalue weighted by Gasteiger charge is 2.03. The highest BCUT2D eigenvalue weighted by molar-refractivity contribution is 5.72. The van der Waals surface area contributed by atoms with Crippen LogP contribution in [0.1, 0.15) is 6.92 Å². The van der Waals surface area contributed by atoms with Crippen molar-refractivity contribution in [2.24, 2.45) is 0 Å². The summed E-state index contributed by atoms with van der Waals surface area (Å²) in [6.07, 6.45) is 0. The predicted molar refractivity (Wildman–Crippen MR) is 60.1 cm³/mol. The molecule has 0 fully saturated rings. The Balaban J connectivity index is 2.50. The summed E-state index contributed by atoms with van der Waals surface area (Å²) in [5, 5.41) is 5.69. The summed E-state index contributed by atoms with van der Waals surface area (Å²) >= 11 is 0. The van der Waals surface area contributed by atoms with Gasteiger partial charge in [-0.2, -0.15) is 0 Å². The van der Waals surface area contributed by atoms with Gasteiger partial charge in [0.05, 0.1) is 12.8 Å². The lowest BCUT2D eigenvalue weighted by molar-refractivity contribution is -0.118. The van der Waals surface area contributed by atoms with Crippen LogP contribution in [-0.2, 0) is 4.79 Å². The molecule has 0 saturated carbocycles. The van der Waals surface area contributed by atoms with Crippen molar-refractivity contribution in [2.75, 3.05) is 25.5 Å². The summed E-state index contributed by atoms with van der Waals surface area (Å²) in [5.74, 6) is 0.0277. The van der Waals surface area contributed by atoms with E-state index >= 15 is 0 Å². The van der Waals surface area contributed by atoms with E-state index in [0.29, 0.717) is 24.5 Å². The summed E-state index contributed by atoms with van der Waals surface area (Å²) in [6.45, 7) is 2.52. The number of halogens is 1. The van der Waals surface area contributed by atoms with Gasteiger partial charge in [-0.05, 0) is 12.1 Å². The van der Waals surface area contributed by atoms with Gasteiger partial charge in [0, 0.05) is 26.1 Å². The van der Waals surface area contributed by atoms with Gasteiger partial charge in [0.15, 0.2) is 0 Å². The summed E-state index contributed by atoms with van der Waals surface area (Å²) in [5.41, 5.74) is 0.703. The molecule has 0 atom stereocenters. The zero-order chi connectivity index (χ0) is 12.0.